The maximum atomic E-state index is 13.1. The molecule has 2 aromatic carbocycles. The predicted molar refractivity (Wildman–Crippen MR) is 118 cm³/mol. The number of Topliss-reactive ketones (excluding diaryl/α,β-unsaturated/α-hetero) is 1. The zero-order chi connectivity index (χ0) is 23.5. The second-order valence-electron chi connectivity index (χ2n) is 7.37. The third-order valence-electron chi connectivity index (χ3n) is 5.38. The molecule has 0 saturated carbocycles. The number of aliphatic hydroxyl groups excluding tert-OH is 1. The van der Waals surface area contributed by atoms with Gasteiger partial charge in [0.2, 0.25) is 0 Å². The molecule has 0 aliphatic carbocycles. The zero-order valence-corrected chi connectivity index (χ0v) is 17.5. The smallest absolute Gasteiger partial charge is 0.295 e. The number of nitro groups is 1. The van der Waals surface area contributed by atoms with E-state index in [0.29, 0.717) is 22.4 Å². The van der Waals surface area contributed by atoms with Gasteiger partial charge in [0.1, 0.15) is 11.5 Å². The van der Waals surface area contributed by atoms with E-state index in [1.165, 1.54) is 36.3 Å². The molecule has 166 valence electrons. The lowest BCUT2D eigenvalue weighted by atomic mass is 9.95. The third kappa shape index (κ3) is 4.16. The molecule has 0 radical (unpaired) electrons. The van der Waals surface area contributed by atoms with Crippen molar-refractivity contribution >= 4 is 23.1 Å². The number of carbonyl (C=O) groups is 2. The van der Waals surface area contributed by atoms with Gasteiger partial charge in [0.05, 0.1) is 23.6 Å². The van der Waals surface area contributed by atoms with Crippen LogP contribution < -0.4 is 4.74 Å². The zero-order valence-electron chi connectivity index (χ0n) is 17.5. The Morgan fingerprint density at radius 3 is 2.55 bits per heavy atom. The summed E-state index contributed by atoms with van der Waals surface area (Å²) in [6.45, 7) is 0.0644. The fourth-order valence-electron chi connectivity index (χ4n) is 3.78. The summed E-state index contributed by atoms with van der Waals surface area (Å²) >= 11 is 0. The van der Waals surface area contributed by atoms with Crippen LogP contribution in [0.15, 0.2) is 78.6 Å². The van der Waals surface area contributed by atoms with Gasteiger partial charge < -0.3 is 14.7 Å². The first-order valence-corrected chi connectivity index (χ1v) is 9.97. The van der Waals surface area contributed by atoms with Crippen LogP contribution in [0.1, 0.15) is 22.7 Å². The van der Waals surface area contributed by atoms with Gasteiger partial charge in [-0.15, -0.1) is 0 Å². The highest BCUT2D eigenvalue weighted by Crippen LogP contribution is 2.40. The van der Waals surface area contributed by atoms with Crippen molar-refractivity contribution in [3.05, 3.63) is 105 Å². The summed E-state index contributed by atoms with van der Waals surface area (Å²) in [6, 6.07) is 14.6. The molecule has 1 aliphatic rings. The Hall–Kier alpha value is -4.53. The fraction of sp³-hybridized carbons (Fsp3) is 0.125. The number of aliphatic hydroxyl groups is 1. The largest absolute Gasteiger partial charge is 0.507 e. The number of pyridine rings is 1. The summed E-state index contributed by atoms with van der Waals surface area (Å²) in [6.07, 6.45) is 3.17. The number of aromatic nitrogens is 1. The lowest BCUT2D eigenvalue weighted by Gasteiger charge is -2.25. The first-order valence-electron chi connectivity index (χ1n) is 9.97. The monoisotopic (exact) mass is 445 g/mol. The Morgan fingerprint density at radius 2 is 1.91 bits per heavy atom. The maximum Gasteiger partial charge on any atom is 0.295 e. The van der Waals surface area contributed by atoms with Crippen LogP contribution in [0.5, 0.6) is 5.75 Å². The molecular weight excluding hydrogens is 426 g/mol. The highest BCUT2D eigenvalue weighted by molar-refractivity contribution is 6.46. The van der Waals surface area contributed by atoms with Gasteiger partial charge in [-0.05, 0) is 41.5 Å². The number of nitrogens with zero attached hydrogens (tertiary/aromatic N) is 3. The number of hydrogen-bond donors (Lipinski definition) is 1. The molecule has 33 heavy (non-hydrogen) atoms. The Morgan fingerprint density at radius 1 is 1.15 bits per heavy atom. The second kappa shape index (κ2) is 8.91. The Labute approximate surface area is 188 Å². The number of nitro benzene ring substituents is 1. The van der Waals surface area contributed by atoms with E-state index in [4.69, 9.17) is 4.74 Å². The average molecular weight is 445 g/mol. The number of ether oxygens (including phenoxy) is 1. The van der Waals surface area contributed by atoms with Crippen molar-refractivity contribution < 1.29 is 24.4 Å². The van der Waals surface area contributed by atoms with Crippen LogP contribution >= 0.6 is 0 Å². The number of likely N-dealkylation sites (tertiary alicyclic amines) is 1. The van der Waals surface area contributed by atoms with Gasteiger partial charge in [-0.3, -0.25) is 24.7 Å². The van der Waals surface area contributed by atoms with Gasteiger partial charge in [0.15, 0.2) is 0 Å². The van der Waals surface area contributed by atoms with Crippen molar-refractivity contribution in [1.29, 1.82) is 0 Å². The van der Waals surface area contributed by atoms with Crippen LogP contribution in [0.3, 0.4) is 0 Å². The molecule has 2 heterocycles. The summed E-state index contributed by atoms with van der Waals surface area (Å²) in [5.74, 6) is -1.52. The highest BCUT2D eigenvalue weighted by atomic mass is 16.6. The fourth-order valence-corrected chi connectivity index (χ4v) is 3.78. The number of carbonyl (C=O) groups excluding carboxylic acids is 2. The minimum absolute atomic E-state index is 0.0644. The molecular formula is C24H19N3O6. The Balaban J connectivity index is 1.86. The summed E-state index contributed by atoms with van der Waals surface area (Å²) in [4.78, 5) is 42.0. The second-order valence-corrected chi connectivity index (χ2v) is 7.37. The first-order chi connectivity index (χ1) is 15.9. The lowest BCUT2D eigenvalue weighted by molar-refractivity contribution is -0.384. The summed E-state index contributed by atoms with van der Waals surface area (Å²) < 4.78 is 5.20. The van der Waals surface area contributed by atoms with Crippen LogP contribution in [-0.4, -0.2) is 38.7 Å². The van der Waals surface area contributed by atoms with E-state index in [9.17, 15) is 24.8 Å². The molecule has 9 nitrogen and oxygen atoms in total. The summed E-state index contributed by atoms with van der Waals surface area (Å²) in [5.41, 5.74) is 1.21. The average Bonchev–Trinajstić information content (AvgIpc) is 3.09. The minimum atomic E-state index is -0.947. The SMILES string of the molecule is COc1cccc(C(O)=C2C(=O)C(=O)N(Cc3cccnc3)[C@H]2c2ccc([N+](=O)[O-])cc2)c1. The summed E-state index contributed by atoms with van der Waals surface area (Å²) in [7, 11) is 1.48. The van der Waals surface area contributed by atoms with Gasteiger partial charge in [0.25, 0.3) is 17.4 Å². The number of hydrogen-bond acceptors (Lipinski definition) is 7. The van der Waals surface area contributed by atoms with Crippen molar-refractivity contribution in [2.45, 2.75) is 12.6 Å². The number of rotatable bonds is 6. The van der Waals surface area contributed by atoms with Gasteiger partial charge in [-0.25, -0.2) is 0 Å². The van der Waals surface area contributed by atoms with Crippen molar-refractivity contribution in [2.24, 2.45) is 0 Å². The summed E-state index contributed by atoms with van der Waals surface area (Å²) in [5, 5.41) is 22.2. The highest BCUT2D eigenvalue weighted by Gasteiger charge is 2.46. The van der Waals surface area contributed by atoms with Crippen LogP contribution in [0, 0.1) is 10.1 Å². The molecule has 1 aliphatic heterocycles. The Bertz CT molecular complexity index is 1250. The molecule has 1 atom stereocenters. The molecule has 1 fully saturated rings. The molecule has 1 saturated heterocycles. The molecule has 0 spiro atoms. The van der Waals surface area contributed by atoms with Crippen molar-refractivity contribution in [3.63, 3.8) is 0 Å². The number of amides is 1. The Kier molecular flexibility index (Phi) is 5.86. The van der Waals surface area contributed by atoms with Gasteiger partial charge in [-0.1, -0.05) is 18.2 Å². The standard InChI is InChI=1S/C24H19N3O6/c1-33-19-6-2-5-17(12-19)22(28)20-21(16-7-9-18(10-8-16)27(31)32)26(24(30)23(20)29)14-15-4-3-11-25-13-15/h2-13,21,28H,14H2,1H3/t21-/m0/s1. The van der Waals surface area contributed by atoms with Crippen LogP contribution in [0.25, 0.3) is 5.76 Å². The maximum absolute atomic E-state index is 13.1. The van der Waals surface area contributed by atoms with Crippen molar-refractivity contribution in [1.82, 2.24) is 9.88 Å². The number of methoxy groups -OCH3 is 1. The normalized spacial score (nSPS) is 17.2. The van der Waals surface area contributed by atoms with Gasteiger partial charge in [-0.2, -0.15) is 0 Å². The van der Waals surface area contributed by atoms with Gasteiger partial charge >= 0.3 is 0 Å². The molecule has 0 bridgehead atoms. The predicted octanol–water partition coefficient (Wildman–Crippen LogP) is 3.62. The van der Waals surface area contributed by atoms with Crippen molar-refractivity contribution in [3.8, 4) is 5.75 Å². The van der Waals surface area contributed by atoms with E-state index >= 15 is 0 Å². The van der Waals surface area contributed by atoms with E-state index < -0.39 is 22.7 Å². The van der Waals surface area contributed by atoms with Crippen LogP contribution in [0.2, 0.25) is 0 Å². The van der Waals surface area contributed by atoms with E-state index in [1.54, 1.807) is 48.8 Å². The van der Waals surface area contributed by atoms with E-state index in [2.05, 4.69) is 4.98 Å². The van der Waals surface area contributed by atoms with E-state index in [1.807, 2.05) is 0 Å². The number of ketones is 1. The van der Waals surface area contributed by atoms with Crippen LogP contribution in [0.4, 0.5) is 5.69 Å². The lowest BCUT2D eigenvalue weighted by Crippen LogP contribution is -2.29. The molecule has 1 aromatic heterocycles. The topological polar surface area (TPSA) is 123 Å². The van der Waals surface area contributed by atoms with Gasteiger partial charge in [0, 0.05) is 36.6 Å². The quantitative estimate of drug-likeness (QED) is 0.202. The molecule has 9 heteroatoms. The third-order valence-corrected chi connectivity index (χ3v) is 5.38. The molecule has 4 rings (SSSR count). The van der Waals surface area contributed by atoms with Crippen molar-refractivity contribution in [2.75, 3.05) is 7.11 Å². The first kappa shape index (κ1) is 21.7. The molecule has 1 amide bonds. The number of non-ortho nitro benzene ring substituents is 1. The molecule has 1 N–H and O–H groups in total. The van der Waals surface area contributed by atoms with E-state index in [-0.39, 0.29) is 23.6 Å². The number of benzene rings is 2. The molecule has 3 aromatic rings. The molecule has 0 unspecified atom stereocenters. The van der Waals surface area contributed by atoms with Crippen LogP contribution in [-0.2, 0) is 16.1 Å². The minimum Gasteiger partial charge on any atom is -0.507 e. The van der Waals surface area contributed by atoms with E-state index in [0.717, 1.165) is 0 Å².